The van der Waals surface area contributed by atoms with Gasteiger partial charge >= 0.3 is 0 Å². The van der Waals surface area contributed by atoms with Gasteiger partial charge in [-0.1, -0.05) is 34.1 Å². The Morgan fingerprint density at radius 3 is 2.64 bits per heavy atom. The molecular weight excluding hydrogens is 406 g/mol. The normalized spacial score (nSPS) is 11.0. The Morgan fingerprint density at radius 2 is 1.96 bits per heavy atom. The highest BCUT2D eigenvalue weighted by molar-refractivity contribution is 9.10. The summed E-state index contributed by atoms with van der Waals surface area (Å²) in [5.74, 6) is 0.136. The van der Waals surface area contributed by atoms with Crippen LogP contribution in [0.5, 0.6) is 0 Å². The maximum atomic E-state index is 12.6. The Kier molecular flexibility index (Phi) is 4.48. The SMILES string of the molecule is N#Cc1cnn(-c2ccccc2NS(=O)(=O)c2cccc(Br)c2)c1N. The number of nitrogen functional groups attached to an aromatic ring is 1. The molecule has 0 radical (unpaired) electrons. The Balaban J connectivity index is 2.05. The third-order valence-electron chi connectivity index (χ3n) is 3.41. The average Bonchev–Trinajstić information content (AvgIpc) is 2.95. The number of sulfonamides is 1. The van der Waals surface area contributed by atoms with E-state index in [0.717, 1.165) is 0 Å². The monoisotopic (exact) mass is 417 g/mol. The molecule has 0 fully saturated rings. The summed E-state index contributed by atoms with van der Waals surface area (Å²) in [6.45, 7) is 0. The summed E-state index contributed by atoms with van der Waals surface area (Å²) in [6.07, 6.45) is 1.33. The topological polar surface area (TPSA) is 114 Å². The molecule has 126 valence electrons. The van der Waals surface area contributed by atoms with Gasteiger partial charge < -0.3 is 5.73 Å². The molecule has 0 bridgehead atoms. The van der Waals surface area contributed by atoms with Crippen LogP contribution < -0.4 is 10.5 Å². The highest BCUT2D eigenvalue weighted by atomic mass is 79.9. The Morgan fingerprint density at radius 1 is 1.20 bits per heavy atom. The molecule has 3 N–H and O–H groups in total. The van der Waals surface area contributed by atoms with E-state index in [2.05, 4.69) is 25.8 Å². The van der Waals surface area contributed by atoms with Crippen LogP contribution in [0.1, 0.15) is 5.56 Å². The third kappa shape index (κ3) is 3.35. The first-order valence-corrected chi connectivity index (χ1v) is 9.31. The van der Waals surface area contributed by atoms with Crippen molar-refractivity contribution in [3.8, 4) is 11.8 Å². The molecule has 25 heavy (non-hydrogen) atoms. The maximum absolute atomic E-state index is 12.6. The molecule has 3 aromatic rings. The van der Waals surface area contributed by atoms with Crippen molar-refractivity contribution in [2.75, 3.05) is 10.5 Å². The zero-order chi connectivity index (χ0) is 18.0. The summed E-state index contributed by atoms with van der Waals surface area (Å²) in [5, 5.41) is 13.1. The minimum Gasteiger partial charge on any atom is -0.382 e. The number of anilines is 2. The van der Waals surface area contributed by atoms with Crippen molar-refractivity contribution in [2.45, 2.75) is 4.90 Å². The van der Waals surface area contributed by atoms with Gasteiger partial charge in [-0.2, -0.15) is 10.4 Å². The summed E-state index contributed by atoms with van der Waals surface area (Å²) in [7, 11) is -3.80. The van der Waals surface area contributed by atoms with Crippen molar-refractivity contribution in [2.24, 2.45) is 0 Å². The number of benzene rings is 2. The summed E-state index contributed by atoms with van der Waals surface area (Å²) in [6, 6.07) is 15.0. The van der Waals surface area contributed by atoms with Crippen LogP contribution in [0, 0.1) is 11.3 Å². The van der Waals surface area contributed by atoms with Crippen molar-refractivity contribution >= 4 is 37.5 Å². The van der Waals surface area contributed by atoms with Gasteiger partial charge in [0.1, 0.15) is 17.5 Å². The quantitative estimate of drug-likeness (QED) is 0.676. The Bertz CT molecular complexity index is 1090. The second-order valence-electron chi connectivity index (χ2n) is 5.05. The lowest BCUT2D eigenvalue weighted by Gasteiger charge is -2.13. The van der Waals surface area contributed by atoms with E-state index in [4.69, 9.17) is 11.0 Å². The van der Waals surface area contributed by atoms with E-state index < -0.39 is 10.0 Å². The largest absolute Gasteiger partial charge is 0.382 e. The fourth-order valence-electron chi connectivity index (χ4n) is 2.22. The molecule has 3 rings (SSSR count). The lowest BCUT2D eigenvalue weighted by molar-refractivity contribution is 0.601. The smallest absolute Gasteiger partial charge is 0.262 e. The van der Waals surface area contributed by atoms with E-state index in [1.54, 1.807) is 36.4 Å². The average molecular weight is 418 g/mol. The fraction of sp³-hybridized carbons (Fsp3) is 0. The minimum absolute atomic E-state index is 0.114. The van der Waals surface area contributed by atoms with Gasteiger partial charge in [-0.15, -0.1) is 0 Å². The Hall–Kier alpha value is -2.83. The van der Waals surface area contributed by atoms with Crippen LogP contribution in [-0.4, -0.2) is 18.2 Å². The first-order valence-electron chi connectivity index (χ1n) is 7.04. The fourth-order valence-corrected chi connectivity index (χ4v) is 3.89. The van der Waals surface area contributed by atoms with Crippen molar-refractivity contribution in [3.05, 3.63) is 64.8 Å². The van der Waals surface area contributed by atoms with Gasteiger partial charge in [0.15, 0.2) is 0 Å². The summed E-state index contributed by atoms with van der Waals surface area (Å²) in [4.78, 5) is 0.114. The Labute approximate surface area is 152 Å². The highest BCUT2D eigenvalue weighted by Crippen LogP contribution is 2.26. The molecular formula is C16H12BrN5O2S. The predicted molar refractivity (Wildman–Crippen MR) is 97.6 cm³/mol. The number of rotatable bonds is 4. The zero-order valence-corrected chi connectivity index (χ0v) is 15.1. The van der Waals surface area contributed by atoms with Crippen molar-refractivity contribution in [1.29, 1.82) is 5.26 Å². The van der Waals surface area contributed by atoms with Gasteiger partial charge in [0.05, 0.1) is 22.5 Å². The van der Waals surface area contributed by atoms with Crippen LogP contribution in [0.4, 0.5) is 11.5 Å². The highest BCUT2D eigenvalue weighted by Gasteiger charge is 2.18. The number of nitrogens with zero attached hydrogens (tertiary/aromatic N) is 3. The second-order valence-corrected chi connectivity index (χ2v) is 7.65. The molecule has 1 heterocycles. The third-order valence-corrected chi connectivity index (χ3v) is 5.27. The predicted octanol–water partition coefficient (Wildman–Crippen LogP) is 2.89. The molecule has 0 saturated heterocycles. The van der Waals surface area contributed by atoms with E-state index in [9.17, 15) is 8.42 Å². The number of hydrogen-bond acceptors (Lipinski definition) is 5. The lowest BCUT2D eigenvalue weighted by atomic mass is 10.2. The molecule has 2 aromatic carbocycles. The summed E-state index contributed by atoms with van der Waals surface area (Å²) >= 11 is 3.26. The molecule has 0 aliphatic heterocycles. The molecule has 0 saturated carbocycles. The van der Waals surface area contributed by atoms with Gasteiger partial charge in [-0.25, -0.2) is 13.1 Å². The van der Waals surface area contributed by atoms with Gasteiger partial charge in [-0.05, 0) is 30.3 Å². The van der Waals surface area contributed by atoms with E-state index in [1.807, 2.05) is 6.07 Å². The van der Waals surface area contributed by atoms with E-state index in [1.165, 1.54) is 23.0 Å². The summed E-state index contributed by atoms with van der Waals surface area (Å²) in [5.41, 5.74) is 6.83. The number of hydrogen-bond donors (Lipinski definition) is 2. The zero-order valence-electron chi connectivity index (χ0n) is 12.7. The summed E-state index contributed by atoms with van der Waals surface area (Å²) < 4.78 is 29.8. The maximum Gasteiger partial charge on any atom is 0.262 e. The van der Waals surface area contributed by atoms with Crippen molar-refractivity contribution in [1.82, 2.24) is 9.78 Å². The van der Waals surface area contributed by atoms with Crippen LogP contribution in [-0.2, 0) is 10.0 Å². The molecule has 0 spiro atoms. The molecule has 0 aliphatic carbocycles. The molecule has 9 heteroatoms. The van der Waals surface area contributed by atoms with Gasteiger partial charge in [0, 0.05) is 4.47 Å². The van der Waals surface area contributed by atoms with E-state index in [-0.39, 0.29) is 16.3 Å². The molecule has 0 aliphatic rings. The minimum atomic E-state index is -3.80. The molecule has 0 atom stereocenters. The first kappa shape index (κ1) is 17.0. The van der Waals surface area contributed by atoms with Crippen LogP contribution >= 0.6 is 15.9 Å². The lowest BCUT2D eigenvalue weighted by Crippen LogP contribution is -2.15. The number of aromatic nitrogens is 2. The number of para-hydroxylation sites is 2. The van der Waals surface area contributed by atoms with Crippen LogP contribution in [0.2, 0.25) is 0 Å². The number of halogens is 1. The first-order chi connectivity index (χ1) is 11.9. The second kappa shape index (κ2) is 6.58. The van der Waals surface area contributed by atoms with Crippen molar-refractivity contribution in [3.63, 3.8) is 0 Å². The van der Waals surface area contributed by atoms with Gasteiger partial charge in [-0.3, -0.25) is 4.72 Å². The molecule has 7 nitrogen and oxygen atoms in total. The van der Waals surface area contributed by atoms with Crippen molar-refractivity contribution < 1.29 is 8.42 Å². The molecule has 0 amide bonds. The standard InChI is InChI=1S/C16H12BrN5O2S/c17-12-4-3-5-13(8-12)25(23,24)21-14-6-1-2-7-15(14)22-16(19)11(9-18)10-20-22/h1-8,10,21H,19H2. The number of nitrogens with two attached hydrogens (primary N) is 1. The van der Waals surface area contributed by atoms with Gasteiger partial charge in [0.2, 0.25) is 0 Å². The van der Waals surface area contributed by atoms with Crippen LogP contribution in [0.3, 0.4) is 0 Å². The van der Waals surface area contributed by atoms with E-state index >= 15 is 0 Å². The molecule has 1 aromatic heterocycles. The van der Waals surface area contributed by atoms with Crippen LogP contribution in [0.25, 0.3) is 5.69 Å². The number of nitrogens with one attached hydrogen (secondary N) is 1. The van der Waals surface area contributed by atoms with E-state index in [0.29, 0.717) is 15.8 Å². The van der Waals surface area contributed by atoms with Crippen LogP contribution in [0.15, 0.2) is 64.1 Å². The number of nitriles is 1. The molecule has 0 unspecified atom stereocenters. The van der Waals surface area contributed by atoms with Gasteiger partial charge in [0.25, 0.3) is 10.0 Å².